The summed E-state index contributed by atoms with van der Waals surface area (Å²) in [7, 11) is 0. The number of para-hydroxylation sites is 2. The maximum Gasteiger partial charge on any atom is 0.412 e. The second-order valence-corrected chi connectivity index (χ2v) is 10.9. The Labute approximate surface area is 245 Å². The molecule has 0 saturated carbocycles. The van der Waals surface area contributed by atoms with Gasteiger partial charge in [0.05, 0.1) is 17.4 Å². The first-order valence-electron chi connectivity index (χ1n) is 13.8. The largest absolute Gasteiger partial charge is 0.444 e. The standard InChI is InChI=1S/C31H39FN6O4/c1-6-31(7-2,19-33)26(38-28(40)35-22-12-10-11-21(32)17-22)20-15-16-25(34-18-20)27(39)36-23-13-8-9-14-24(23)37-29(41)42-30(3,4)5/h8-18,26H,6-7,19,33H2,1-5H3,(H,36,39)(H,37,41)(H2,35,38,40). The Bertz CT molecular complexity index is 1380. The summed E-state index contributed by atoms with van der Waals surface area (Å²) in [4.78, 5) is 42.7. The molecule has 224 valence electrons. The minimum absolute atomic E-state index is 0.125. The van der Waals surface area contributed by atoms with E-state index >= 15 is 0 Å². The molecule has 10 nitrogen and oxygen atoms in total. The van der Waals surface area contributed by atoms with Gasteiger partial charge in [0.1, 0.15) is 17.1 Å². The van der Waals surface area contributed by atoms with Gasteiger partial charge < -0.3 is 26.4 Å². The number of carbonyl (C=O) groups is 3. The van der Waals surface area contributed by atoms with E-state index in [1.807, 2.05) is 13.8 Å². The Kier molecular flexibility index (Phi) is 10.6. The molecular weight excluding hydrogens is 539 g/mol. The molecule has 0 radical (unpaired) electrons. The van der Waals surface area contributed by atoms with Crippen LogP contribution in [0.3, 0.4) is 0 Å². The zero-order valence-electron chi connectivity index (χ0n) is 24.6. The van der Waals surface area contributed by atoms with Gasteiger partial charge in [-0.25, -0.2) is 14.0 Å². The fourth-order valence-electron chi connectivity index (χ4n) is 4.53. The molecule has 0 bridgehead atoms. The quantitative estimate of drug-likeness (QED) is 0.187. The molecular formula is C31H39FN6O4. The number of nitrogens with two attached hydrogens (primary N) is 1. The number of nitrogens with one attached hydrogen (secondary N) is 4. The van der Waals surface area contributed by atoms with Gasteiger partial charge in [-0.1, -0.05) is 38.1 Å². The van der Waals surface area contributed by atoms with E-state index in [0.717, 1.165) is 0 Å². The number of carbonyl (C=O) groups excluding carboxylic acids is 3. The Morgan fingerprint density at radius 2 is 1.60 bits per heavy atom. The van der Waals surface area contributed by atoms with Gasteiger partial charge in [-0.2, -0.15) is 0 Å². The van der Waals surface area contributed by atoms with Gasteiger partial charge in [-0.05, 0) is 75.6 Å². The molecule has 11 heteroatoms. The van der Waals surface area contributed by atoms with Gasteiger partial charge in [0.25, 0.3) is 5.91 Å². The second-order valence-electron chi connectivity index (χ2n) is 10.9. The van der Waals surface area contributed by atoms with Crippen molar-refractivity contribution in [2.45, 2.75) is 59.1 Å². The lowest BCUT2D eigenvalue weighted by molar-refractivity contribution is 0.0635. The maximum absolute atomic E-state index is 13.6. The number of aromatic nitrogens is 1. The van der Waals surface area contributed by atoms with E-state index in [0.29, 0.717) is 35.5 Å². The monoisotopic (exact) mass is 578 g/mol. The zero-order chi connectivity index (χ0) is 30.9. The molecule has 0 spiro atoms. The van der Waals surface area contributed by atoms with Gasteiger partial charge in [-0.15, -0.1) is 0 Å². The molecule has 1 heterocycles. The maximum atomic E-state index is 13.6. The molecule has 0 fully saturated rings. The molecule has 2 aromatic carbocycles. The Balaban J connectivity index is 1.80. The molecule has 3 aromatic rings. The molecule has 0 aliphatic heterocycles. The van der Waals surface area contributed by atoms with E-state index in [4.69, 9.17) is 10.5 Å². The van der Waals surface area contributed by atoms with Crippen LogP contribution in [0.25, 0.3) is 0 Å². The third-order valence-electron chi connectivity index (χ3n) is 6.95. The van der Waals surface area contributed by atoms with Gasteiger partial charge in [0.15, 0.2) is 0 Å². The molecule has 1 aromatic heterocycles. The van der Waals surface area contributed by atoms with Crippen LogP contribution in [0.5, 0.6) is 0 Å². The average molecular weight is 579 g/mol. The number of hydrogen-bond acceptors (Lipinski definition) is 6. The molecule has 0 saturated heterocycles. The first-order valence-corrected chi connectivity index (χ1v) is 13.8. The van der Waals surface area contributed by atoms with E-state index in [2.05, 4.69) is 26.3 Å². The highest BCUT2D eigenvalue weighted by atomic mass is 19.1. The number of urea groups is 1. The number of pyridine rings is 1. The highest BCUT2D eigenvalue weighted by Crippen LogP contribution is 2.39. The highest BCUT2D eigenvalue weighted by Gasteiger charge is 2.37. The Morgan fingerprint density at radius 1 is 0.929 bits per heavy atom. The van der Waals surface area contributed by atoms with Crippen molar-refractivity contribution in [1.29, 1.82) is 0 Å². The SMILES string of the molecule is CCC(CC)(CN)C(NC(=O)Nc1cccc(F)c1)c1ccc(C(=O)Nc2ccccc2NC(=O)OC(C)(C)C)nc1. The van der Waals surface area contributed by atoms with Crippen molar-refractivity contribution in [2.75, 3.05) is 22.5 Å². The lowest BCUT2D eigenvalue weighted by Gasteiger charge is -2.39. The van der Waals surface area contributed by atoms with E-state index in [9.17, 15) is 18.8 Å². The number of nitrogens with zero attached hydrogens (tertiary/aromatic N) is 1. The zero-order valence-corrected chi connectivity index (χ0v) is 24.6. The number of halogens is 1. The van der Waals surface area contributed by atoms with Gasteiger partial charge in [0.2, 0.25) is 0 Å². The first-order chi connectivity index (χ1) is 19.9. The minimum Gasteiger partial charge on any atom is -0.444 e. The summed E-state index contributed by atoms with van der Waals surface area (Å²) in [6.07, 6.45) is 2.20. The lowest BCUT2D eigenvalue weighted by Crippen LogP contribution is -2.46. The molecule has 1 atom stereocenters. The van der Waals surface area contributed by atoms with Crippen LogP contribution in [-0.4, -0.2) is 35.2 Å². The summed E-state index contributed by atoms with van der Waals surface area (Å²) < 4.78 is 18.9. The third kappa shape index (κ3) is 8.50. The van der Waals surface area contributed by atoms with Gasteiger partial charge in [-0.3, -0.25) is 15.1 Å². The van der Waals surface area contributed by atoms with Crippen LogP contribution in [0.1, 0.15) is 69.6 Å². The number of rotatable bonds is 10. The summed E-state index contributed by atoms with van der Waals surface area (Å²) in [6.45, 7) is 9.54. The molecule has 3 rings (SSSR count). The minimum atomic E-state index is -0.683. The summed E-state index contributed by atoms with van der Waals surface area (Å²) in [5.74, 6) is -0.964. The fraction of sp³-hybridized carbons (Fsp3) is 0.355. The summed E-state index contributed by atoms with van der Waals surface area (Å²) in [5, 5.41) is 11.1. The number of amides is 4. The van der Waals surface area contributed by atoms with Crippen LogP contribution >= 0.6 is 0 Å². The van der Waals surface area contributed by atoms with E-state index in [-0.39, 0.29) is 12.2 Å². The van der Waals surface area contributed by atoms with Crippen LogP contribution in [0.15, 0.2) is 66.9 Å². The predicted octanol–water partition coefficient (Wildman–Crippen LogP) is 6.45. The lowest BCUT2D eigenvalue weighted by atomic mass is 9.73. The Hall–Kier alpha value is -4.51. The molecule has 4 amide bonds. The average Bonchev–Trinajstić information content (AvgIpc) is 2.94. The smallest absolute Gasteiger partial charge is 0.412 e. The van der Waals surface area contributed by atoms with Crippen molar-refractivity contribution in [3.05, 3.63) is 83.9 Å². The van der Waals surface area contributed by atoms with Crippen molar-refractivity contribution < 1.29 is 23.5 Å². The Morgan fingerprint density at radius 3 is 2.14 bits per heavy atom. The van der Waals surface area contributed by atoms with Crippen molar-refractivity contribution in [3.8, 4) is 0 Å². The predicted molar refractivity (Wildman–Crippen MR) is 162 cm³/mol. The van der Waals surface area contributed by atoms with E-state index in [1.165, 1.54) is 24.4 Å². The van der Waals surface area contributed by atoms with Crippen molar-refractivity contribution in [3.63, 3.8) is 0 Å². The van der Waals surface area contributed by atoms with E-state index < -0.39 is 40.9 Å². The van der Waals surface area contributed by atoms with Crippen LogP contribution in [0, 0.1) is 11.2 Å². The van der Waals surface area contributed by atoms with Crippen LogP contribution in [0.4, 0.5) is 31.0 Å². The fourth-order valence-corrected chi connectivity index (χ4v) is 4.53. The summed E-state index contributed by atoms with van der Waals surface area (Å²) >= 11 is 0. The normalized spacial score (nSPS) is 12.2. The number of anilines is 3. The van der Waals surface area contributed by atoms with Crippen LogP contribution < -0.4 is 27.0 Å². The van der Waals surface area contributed by atoms with Crippen molar-refractivity contribution >= 4 is 35.1 Å². The van der Waals surface area contributed by atoms with Gasteiger partial charge in [0, 0.05) is 23.8 Å². The molecule has 1 unspecified atom stereocenters. The first kappa shape index (κ1) is 32.0. The summed E-state index contributed by atoms with van der Waals surface area (Å²) in [5.41, 5.74) is 6.85. The topological polar surface area (TPSA) is 147 Å². The highest BCUT2D eigenvalue weighted by molar-refractivity contribution is 6.05. The van der Waals surface area contributed by atoms with E-state index in [1.54, 1.807) is 63.2 Å². The van der Waals surface area contributed by atoms with Gasteiger partial charge >= 0.3 is 12.1 Å². The summed E-state index contributed by atoms with van der Waals surface area (Å²) in [6, 6.07) is 14.5. The van der Waals surface area contributed by atoms with Crippen molar-refractivity contribution in [1.82, 2.24) is 10.3 Å². The number of benzene rings is 2. The molecule has 0 aliphatic carbocycles. The molecule has 6 N–H and O–H groups in total. The third-order valence-corrected chi connectivity index (χ3v) is 6.95. The van der Waals surface area contributed by atoms with Crippen LogP contribution in [-0.2, 0) is 4.74 Å². The number of ether oxygens (including phenoxy) is 1. The second kappa shape index (κ2) is 13.9. The number of hydrogen-bond donors (Lipinski definition) is 5. The molecule has 0 aliphatic rings. The van der Waals surface area contributed by atoms with Crippen molar-refractivity contribution in [2.24, 2.45) is 11.1 Å². The molecule has 42 heavy (non-hydrogen) atoms. The van der Waals surface area contributed by atoms with Crippen LogP contribution in [0.2, 0.25) is 0 Å².